The predicted octanol–water partition coefficient (Wildman–Crippen LogP) is 5.24. The molecule has 0 spiro atoms. The van der Waals surface area contributed by atoms with Crippen molar-refractivity contribution in [2.45, 2.75) is 71.5 Å². The fourth-order valence-electron chi connectivity index (χ4n) is 3.66. The van der Waals surface area contributed by atoms with Gasteiger partial charge in [0.25, 0.3) is 0 Å². The van der Waals surface area contributed by atoms with E-state index in [2.05, 4.69) is 72.0 Å². The monoisotopic (exact) mass is 352 g/mol. The number of hydrogen-bond donors (Lipinski definition) is 0. The van der Waals surface area contributed by atoms with Gasteiger partial charge in [0.1, 0.15) is 0 Å². The SMILES string of the molecule is CCCCC(CC)C(=O)N(Cc1cccn1Cc1ccccc1)C1CC1. The van der Waals surface area contributed by atoms with Gasteiger partial charge in [0.2, 0.25) is 5.91 Å². The number of aromatic nitrogens is 1. The maximum absolute atomic E-state index is 13.2. The summed E-state index contributed by atoms with van der Waals surface area (Å²) in [5, 5.41) is 0. The van der Waals surface area contributed by atoms with Gasteiger partial charge >= 0.3 is 0 Å². The Hall–Kier alpha value is -2.03. The van der Waals surface area contributed by atoms with E-state index in [0.29, 0.717) is 11.9 Å². The van der Waals surface area contributed by atoms with E-state index < -0.39 is 0 Å². The summed E-state index contributed by atoms with van der Waals surface area (Å²) in [6.07, 6.45) is 8.74. The van der Waals surface area contributed by atoms with Crippen molar-refractivity contribution in [3.8, 4) is 0 Å². The Kier molecular flexibility index (Phi) is 6.54. The normalized spacial score (nSPS) is 15.0. The first kappa shape index (κ1) is 18.8. The highest BCUT2D eigenvalue weighted by Gasteiger charge is 2.35. The van der Waals surface area contributed by atoms with Crippen LogP contribution in [0.25, 0.3) is 0 Å². The Balaban J connectivity index is 1.71. The highest BCUT2D eigenvalue weighted by atomic mass is 16.2. The van der Waals surface area contributed by atoms with Crippen LogP contribution in [0.3, 0.4) is 0 Å². The number of unbranched alkanes of at least 4 members (excludes halogenated alkanes) is 1. The summed E-state index contributed by atoms with van der Waals surface area (Å²) in [7, 11) is 0. The Labute approximate surface area is 158 Å². The lowest BCUT2D eigenvalue weighted by Gasteiger charge is -2.27. The van der Waals surface area contributed by atoms with Crippen molar-refractivity contribution in [3.05, 3.63) is 59.9 Å². The summed E-state index contributed by atoms with van der Waals surface area (Å²) < 4.78 is 2.28. The van der Waals surface area contributed by atoms with Gasteiger partial charge in [-0.15, -0.1) is 0 Å². The number of nitrogens with zero attached hydrogens (tertiary/aromatic N) is 2. The predicted molar refractivity (Wildman–Crippen MR) is 107 cm³/mol. The second kappa shape index (κ2) is 9.07. The molecular formula is C23H32N2O. The van der Waals surface area contributed by atoms with E-state index in [9.17, 15) is 4.79 Å². The second-order valence-electron chi connectivity index (χ2n) is 7.56. The maximum atomic E-state index is 13.2. The molecule has 1 atom stereocenters. The van der Waals surface area contributed by atoms with Crippen LogP contribution in [0.5, 0.6) is 0 Å². The molecule has 140 valence electrons. The number of benzene rings is 1. The van der Waals surface area contributed by atoms with Crippen LogP contribution in [0.1, 0.15) is 63.6 Å². The van der Waals surface area contributed by atoms with Crippen molar-refractivity contribution in [2.24, 2.45) is 5.92 Å². The zero-order valence-corrected chi connectivity index (χ0v) is 16.2. The molecule has 26 heavy (non-hydrogen) atoms. The van der Waals surface area contributed by atoms with Gasteiger partial charge in [-0.1, -0.05) is 57.0 Å². The number of rotatable bonds is 10. The van der Waals surface area contributed by atoms with Crippen molar-refractivity contribution < 1.29 is 4.79 Å². The molecule has 3 nitrogen and oxygen atoms in total. The summed E-state index contributed by atoms with van der Waals surface area (Å²) in [6.45, 7) is 5.96. The first-order valence-corrected chi connectivity index (χ1v) is 10.2. The lowest BCUT2D eigenvalue weighted by atomic mass is 9.97. The Morgan fingerprint density at radius 1 is 1.15 bits per heavy atom. The van der Waals surface area contributed by atoms with Crippen molar-refractivity contribution in [1.82, 2.24) is 9.47 Å². The molecule has 2 aromatic rings. The van der Waals surface area contributed by atoms with Crippen molar-refractivity contribution in [3.63, 3.8) is 0 Å². The summed E-state index contributed by atoms with van der Waals surface area (Å²) in [6, 6.07) is 15.3. The van der Waals surface area contributed by atoms with Crippen LogP contribution < -0.4 is 0 Å². The van der Waals surface area contributed by atoms with Gasteiger partial charge in [0.05, 0.1) is 6.54 Å². The lowest BCUT2D eigenvalue weighted by Crippen LogP contribution is -2.37. The minimum absolute atomic E-state index is 0.188. The highest BCUT2D eigenvalue weighted by molar-refractivity contribution is 5.79. The van der Waals surface area contributed by atoms with Gasteiger partial charge in [0.15, 0.2) is 0 Å². The standard InChI is InChI=1S/C23H32N2O/c1-3-5-12-20(4-2)23(26)25(21-14-15-21)18-22-13-9-16-24(22)17-19-10-7-6-8-11-19/h6-11,13,16,20-21H,3-5,12,14-15,17-18H2,1-2H3. The molecule has 1 saturated carbocycles. The van der Waals surface area contributed by atoms with E-state index in [1.807, 2.05) is 0 Å². The van der Waals surface area contributed by atoms with Crippen molar-refractivity contribution in [1.29, 1.82) is 0 Å². The number of carbonyl (C=O) groups is 1. The largest absolute Gasteiger partial charge is 0.345 e. The van der Waals surface area contributed by atoms with Crippen molar-refractivity contribution >= 4 is 5.91 Å². The third-order valence-electron chi connectivity index (χ3n) is 5.47. The third kappa shape index (κ3) is 4.78. The van der Waals surface area contributed by atoms with E-state index >= 15 is 0 Å². The molecular weight excluding hydrogens is 320 g/mol. The molecule has 0 N–H and O–H groups in total. The lowest BCUT2D eigenvalue weighted by molar-refractivity contribution is -0.137. The van der Waals surface area contributed by atoms with Crippen LogP contribution in [0.2, 0.25) is 0 Å². The van der Waals surface area contributed by atoms with E-state index in [1.165, 1.54) is 11.3 Å². The molecule has 1 aliphatic carbocycles. The molecule has 1 unspecified atom stereocenters. The van der Waals surface area contributed by atoms with E-state index in [0.717, 1.165) is 51.6 Å². The van der Waals surface area contributed by atoms with Gasteiger partial charge < -0.3 is 9.47 Å². The zero-order chi connectivity index (χ0) is 18.4. The van der Waals surface area contributed by atoms with Crippen LogP contribution in [0.15, 0.2) is 48.7 Å². The fraction of sp³-hybridized carbons (Fsp3) is 0.522. The smallest absolute Gasteiger partial charge is 0.226 e. The molecule has 1 amide bonds. The topological polar surface area (TPSA) is 25.2 Å². The Morgan fingerprint density at radius 2 is 1.92 bits per heavy atom. The van der Waals surface area contributed by atoms with E-state index in [1.54, 1.807) is 0 Å². The van der Waals surface area contributed by atoms with Gasteiger partial charge in [-0.2, -0.15) is 0 Å². The van der Waals surface area contributed by atoms with Crippen LogP contribution in [0, 0.1) is 5.92 Å². The summed E-state index contributed by atoms with van der Waals surface area (Å²) >= 11 is 0. The summed E-state index contributed by atoms with van der Waals surface area (Å²) in [5.41, 5.74) is 2.53. The summed E-state index contributed by atoms with van der Waals surface area (Å²) in [5.74, 6) is 0.559. The first-order chi connectivity index (χ1) is 12.7. The van der Waals surface area contributed by atoms with E-state index in [4.69, 9.17) is 0 Å². The fourth-order valence-corrected chi connectivity index (χ4v) is 3.66. The minimum atomic E-state index is 0.188. The molecule has 1 heterocycles. The molecule has 0 bridgehead atoms. The van der Waals surface area contributed by atoms with Crippen LogP contribution in [-0.4, -0.2) is 21.4 Å². The average Bonchev–Trinajstić information content (AvgIpc) is 3.42. The van der Waals surface area contributed by atoms with Gasteiger partial charge in [-0.25, -0.2) is 0 Å². The third-order valence-corrected chi connectivity index (χ3v) is 5.47. The molecule has 0 saturated heterocycles. The van der Waals surface area contributed by atoms with Crippen molar-refractivity contribution in [2.75, 3.05) is 0 Å². The second-order valence-corrected chi connectivity index (χ2v) is 7.56. The molecule has 1 fully saturated rings. The van der Waals surface area contributed by atoms with Gasteiger partial charge in [-0.3, -0.25) is 4.79 Å². The van der Waals surface area contributed by atoms with Gasteiger partial charge in [-0.05, 0) is 43.4 Å². The Bertz CT molecular complexity index is 687. The van der Waals surface area contributed by atoms with Crippen LogP contribution in [-0.2, 0) is 17.9 Å². The molecule has 0 radical (unpaired) electrons. The van der Waals surface area contributed by atoms with Gasteiger partial charge in [0, 0.05) is 30.4 Å². The first-order valence-electron chi connectivity index (χ1n) is 10.2. The van der Waals surface area contributed by atoms with Crippen LogP contribution >= 0.6 is 0 Å². The number of carbonyl (C=O) groups excluding carboxylic acids is 1. The van der Waals surface area contributed by atoms with E-state index in [-0.39, 0.29) is 5.92 Å². The molecule has 1 aliphatic rings. The minimum Gasteiger partial charge on any atom is -0.345 e. The number of amides is 1. The zero-order valence-electron chi connectivity index (χ0n) is 16.2. The highest BCUT2D eigenvalue weighted by Crippen LogP contribution is 2.31. The molecule has 1 aromatic heterocycles. The molecule has 3 rings (SSSR count). The molecule has 1 aromatic carbocycles. The molecule has 0 aliphatic heterocycles. The summed E-state index contributed by atoms with van der Waals surface area (Å²) in [4.78, 5) is 15.3. The average molecular weight is 353 g/mol. The quantitative estimate of drug-likeness (QED) is 0.574. The Morgan fingerprint density at radius 3 is 2.58 bits per heavy atom. The molecule has 3 heteroatoms. The number of hydrogen-bond acceptors (Lipinski definition) is 1. The maximum Gasteiger partial charge on any atom is 0.226 e. The van der Waals surface area contributed by atoms with Crippen LogP contribution in [0.4, 0.5) is 0 Å².